The molecular weight excluding hydrogens is 284 g/mol. The summed E-state index contributed by atoms with van der Waals surface area (Å²) >= 11 is 0. The van der Waals surface area contributed by atoms with Crippen LogP contribution in [0.5, 0.6) is 23.0 Å². The molecule has 3 aliphatic rings. The Morgan fingerprint density at radius 3 is 2.62 bits per heavy atom. The molecule has 21 heavy (non-hydrogen) atoms. The zero-order valence-electron chi connectivity index (χ0n) is 11.6. The van der Waals surface area contributed by atoms with Crippen molar-refractivity contribution in [2.75, 3.05) is 13.4 Å². The van der Waals surface area contributed by atoms with Crippen molar-refractivity contribution in [2.45, 2.75) is 12.0 Å². The van der Waals surface area contributed by atoms with E-state index < -0.39 is 0 Å². The van der Waals surface area contributed by atoms with Crippen molar-refractivity contribution in [1.29, 1.82) is 0 Å². The minimum absolute atomic E-state index is 0.0357. The number of rotatable bonds is 0. The Labute approximate surface area is 125 Å². The molecule has 0 saturated heterocycles. The van der Waals surface area contributed by atoms with E-state index >= 15 is 0 Å². The van der Waals surface area contributed by atoms with E-state index in [1.54, 1.807) is 0 Å². The molecule has 0 aromatic heterocycles. The Hall–Kier alpha value is -2.14. The van der Waals surface area contributed by atoms with Crippen LogP contribution in [0.1, 0.15) is 23.1 Å². The number of hydrogen-bond acceptors (Lipinski definition) is 4. The van der Waals surface area contributed by atoms with Crippen molar-refractivity contribution in [3.63, 3.8) is 0 Å². The van der Waals surface area contributed by atoms with Gasteiger partial charge < -0.3 is 18.9 Å². The van der Waals surface area contributed by atoms with Gasteiger partial charge in [0.2, 0.25) is 6.79 Å². The molecule has 0 fully saturated rings. The minimum Gasteiger partial charge on any atom is -0.492 e. The van der Waals surface area contributed by atoms with Gasteiger partial charge in [-0.2, -0.15) is 0 Å². The smallest absolute Gasteiger partial charge is 0.231 e. The minimum atomic E-state index is 0.0357. The molecule has 2 aromatic rings. The van der Waals surface area contributed by atoms with E-state index in [1.165, 1.54) is 5.19 Å². The second-order valence-corrected chi connectivity index (χ2v) is 6.90. The third-order valence-corrected chi connectivity index (χ3v) is 5.04. The molecule has 0 amide bonds. The molecule has 2 unspecified atom stereocenters. The average Bonchev–Trinajstić information content (AvgIpc) is 3.07. The summed E-state index contributed by atoms with van der Waals surface area (Å²) in [4.78, 5) is 0. The van der Waals surface area contributed by atoms with Gasteiger partial charge in [0.1, 0.15) is 17.6 Å². The van der Waals surface area contributed by atoms with E-state index in [9.17, 15) is 0 Å². The predicted molar refractivity (Wildman–Crippen MR) is 80.2 cm³/mol. The number of ether oxygens (including phenoxy) is 4. The van der Waals surface area contributed by atoms with Crippen LogP contribution in [0.3, 0.4) is 0 Å². The van der Waals surface area contributed by atoms with Crippen LogP contribution in [0.4, 0.5) is 0 Å². The Bertz CT molecular complexity index is 758. The Morgan fingerprint density at radius 2 is 1.71 bits per heavy atom. The Balaban J connectivity index is 1.62. The van der Waals surface area contributed by atoms with Crippen LogP contribution in [0, 0.1) is 0 Å². The van der Waals surface area contributed by atoms with Gasteiger partial charge in [-0.1, -0.05) is 17.3 Å². The van der Waals surface area contributed by atoms with Crippen molar-refractivity contribution >= 4 is 15.4 Å². The lowest BCUT2D eigenvalue weighted by Crippen LogP contribution is -2.24. The highest BCUT2D eigenvalue weighted by Crippen LogP contribution is 2.53. The topological polar surface area (TPSA) is 36.9 Å². The highest BCUT2D eigenvalue weighted by molar-refractivity contribution is 6.32. The van der Waals surface area contributed by atoms with Gasteiger partial charge in [-0.15, -0.1) is 0 Å². The van der Waals surface area contributed by atoms with Crippen LogP contribution in [-0.4, -0.2) is 23.6 Å². The van der Waals surface area contributed by atoms with Crippen molar-refractivity contribution in [3.8, 4) is 23.0 Å². The standard InChI is InChI=1S/C16H14O4Si/c21-8-1-2-9-12(3-8)17-6-11-10-4-14-15(19-7-18-14)5-13(10)20-16(9)11/h1-5,11,16H,6-7H2,21H3. The van der Waals surface area contributed by atoms with Gasteiger partial charge in [-0.05, 0) is 12.1 Å². The molecule has 2 atom stereocenters. The third kappa shape index (κ3) is 1.55. The average molecular weight is 298 g/mol. The molecule has 3 aliphatic heterocycles. The Morgan fingerprint density at radius 1 is 0.857 bits per heavy atom. The fourth-order valence-corrected chi connectivity index (χ4v) is 3.78. The molecule has 0 radical (unpaired) electrons. The van der Waals surface area contributed by atoms with E-state index in [2.05, 4.69) is 18.2 Å². The maximum absolute atomic E-state index is 6.20. The van der Waals surface area contributed by atoms with Crippen molar-refractivity contribution in [2.24, 2.45) is 0 Å². The lowest BCUT2D eigenvalue weighted by molar-refractivity contribution is 0.139. The molecule has 0 bridgehead atoms. The molecule has 5 rings (SSSR count). The normalized spacial score (nSPS) is 23.8. The van der Waals surface area contributed by atoms with Crippen LogP contribution in [0.15, 0.2) is 30.3 Å². The molecule has 5 heteroatoms. The fraction of sp³-hybridized carbons (Fsp3) is 0.250. The highest BCUT2D eigenvalue weighted by Gasteiger charge is 2.41. The van der Waals surface area contributed by atoms with Gasteiger partial charge in [0.05, 0.1) is 12.5 Å². The fourth-order valence-electron chi connectivity index (χ4n) is 3.35. The largest absolute Gasteiger partial charge is 0.492 e. The van der Waals surface area contributed by atoms with Crippen LogP contribution in [-0.2, 0) is 0 Å². The monoisotopic (exact) mass is 298 g/mol. The highest BCUT2D eigenvalue weighted by atomic mass is 28.1. The zero-order valence-corrected chi connectivity index (χ0v) is 13.6. The molecule has 0 N–H and O–H groups in total. The summed E-state index contributed by atoms with van der Waals surface area (Å²) in [6.07, 6.45) is 0.0357. The summed E-state index contributed by atoms with van der Waals surface area (Å²) in [6, 6.07) is 10.4. The first kappa shape index (κ1) is 11.5. The van der Waals surface area contributed by atoms with Crippen LogP contribution in [0.2, 0.25) is 0 Å². The summed E-state index contributed by atoms with van der Waals surface area (Å²) in [5.41, 5.74) is 2.30. The molecule has 0 saturated carbocycles. The molecule has 3 heterocycles. The lowest BCUT2D eigenvalue weighted by Gasteiger charge is -2.28. The van der Waals surface area contributed by atoms with Crippen LogP contribution >= 0.6 is 0 Å². The van der Waals surface area contributed by atoms with E-state index in [0.717, 1.165) is 44.4 Å². The van der Waals surface area contributed by atoms with E-state index in [-0.39, 0.29) is 18.8 Å². The van der Waals surface area contributed by atoms with Gasteiger partial charge in [0.25, 0.3) is 0 Å². The third-order valence-electron chi connectivity index (χ3n) is 4.42. The number of fused-ring (bicyclic) bond motifs is 6. The first-order valence-electron chi connectivity index (χ1n) is 7.13. The molecule has 4 nitrogen and oxygen atoms in total. The van der Waals surface area contributed by atoms with Gasteiger partial charge in [0, 0.05) is 27.4 Å². The quantitative estimate of drug-likeness (QED) is 0.681. The summed E-state index contributed by atoms with van der Waals surface area (Å²) in [6.45, 7) is 0.935. The van der Waals surface area contributed by atoms with Crippen molar-refractivity contribution in [3.05, 3.63) is 41.5 Å². The molecule has 106 valence electrons. The molecule has 0 spiro atoms. The second-order valence-electron chi connectivity index (χ2n) is 5.74. The molecule has 0 aliphatic carbocycles. The second kappa shape index (κ2) is 3.95. The van der Waals surface area contributed by atoms with E-state index in [0.29, 0.717) is 6.61 Å². The molecular formula is C16H14O4Si. The van der Waals surface area contributed by atoms with E-state index in [4.69, 9.17) is 18.9 Å². The van der Waals surface area contributed by atoms with Gasteiger partial charge in [-0.25, -0.2) is 0 Å². The maximum atomic E-state index is 6.20. The SMILES string of the molecule is [SiH3]c1ccc2c(c1)OCC1c3cc4c(cc3OC21)OCO4. The van der Waals surface area contributed by atoms with E-state index in [1.807, 2.05) is 12.1 Å². The number of hydrogen-bond donors (Lipinski definition) is 0. The summed E-state index contributed by atoms with van der Waals surface area (Å²) in [5.74, 6) is 3.65. The zero-order chi connectivity index (χ0) is 14.0. The van der Waals surface area contributed by atoms with Crippen molar-refractivity contribution < 1.29 is 18.9 Å². The molecule has 2 aromatic carbocycles. The van der Waals surface area contributed by atoms with Crippen LogP contribution < -0.4 is 24.1 Å². The van der Waals surface area contributed by atoms with Crippen molar-refractivity contribution in [1.82, 2.24) is 0 Å². The maximum Gasteiger partial charge on any atom is 0.231 e. The van der Waals surface area contributed by atoms with Gasteiger partial charge in [-0.3, -0.25) is 0 Å². The Kier molecular flexibility index (Phi) is 2.16. The number of benzene rings is 2. The summed E-state index contributed by atoms with van der Waals surface area (Å²) in [7, 11) is 1.03. The first-order chi connectivity index (χ1) is 10.3. The first-order valence-corrected chi connectivity index (χ1v) is 8.13. The summed E-state index contributed by atoms with van der Waals surface area (Å²) in [5, 5.41) is 1.34. The van der Waals surface area contributed by atoms with Crippen LogP contribution in [0.25, 0.3) is 0 Å². The summed E-state index contributed by atoms with van der Waals surface area (Å²) < 4.78 is 23.1. The lowest BCUT2D eigenvalue weighted by atomic mass is 9.89. The van der Waals surface area contributed by atoms with Gasteiger partial charge in [0.15, 0.2) is 11.5 Å². The predicted octanol–water partition coefficient (Wildman–Crippen LogP) is 1.02. The van der Waals surface area contributed by atoms with Gasteiger partial charge >= 0.3 is 0 Å².